The first-order valence-corrected chi connectivity index (χ1v) is 6.84. The summed E-state index contributed by atoms with van der Waals surface area (Å²) in [6.07, 6.45) is 0.695. The molecule has 3 rings (SSSR count). The zero-order valence-corrected chi connectivity index (χ0v) is 11.4. The quantitative estimate of drug-likeness (QED) is 0.900. The van der Waals surface area contributed by atoms with Crippen LogP contribution in [0.4, 0.5) is 10.1 Å². The molecule has 0 spiro atoms. The topological polar surface area (TPSA) is 29.1 Å². The van der Waals surface area contributed by atoms with Gasteiger partial charge in [-0.2, -0.15) is 0 Å². The molecule has 1 saturated carbocycles. The van der Waals surface area contributed by atoms with Crippen LogP contribution in [0.25, 0.3) is 0 Å². The lowest BCUT2D eigenvalue weighted by Gasteiger charge is -2.05. The van der Waals surface area contributed by atoms with Crippen molar-refractivity contribution in [2.24, 2.45) is 5.92 Å². The van der Waals surface area contributed by atoms with Crippen molar-refractivity contribution in [1.29, 1.82) is 0 Å². The number of hydrogen-bond donors (Lipinski definition) is 1. The SMILES string of the molecule is O=C(Nc1ccc(Cl)cc1)C1CC1c1ccccc1F. The summed E-state index contributed by atoms with van der Waals surface area (Å²) in [4.78, 5) is 12.1. The second-order valence-corrected chi connectivity index (χ2v) is 5.40. The summed E-state index contributed by atoms with van der Waals surface area (Å²) in [6, 6.07) is 13.6. The molecule has 0 heterocycles. The van der Waals surface area contributed by atoms with E-state index in [2.05, 4.69) is 5.32 Å². The monoisotopic (exact) mass is 289 g/mol. The molecule has 102 valence electrons. The van der Waals surface area contributed by atoms with Gasteiger partial charge in [-0.25, -0.2) is 4.39 Å². The van der Waals surface area contributed by atoms with Gasteiger partial charge in [0.05, 0.1) is 0 Å². The molecule has 20 heavy (non-hydrogen) atoms. The number of anilines is 1. The van der Waals surface area contributed by atoms with Gasteiger partial charge in [0.25, 0.3) is 0 Å². The molecule has 2 atom stereocenters. The molecule has 1 aliphatic rings. The molecule has 1 N–H and O–H groups in total. The van der Waals surface area contributed by atoms with Crippen molar-refractivity contribution in [3.8, 4) is 0 Å². The Balaban J connectivity index is 1.66. The fraction of sp³-hybridized carbons (Fsp3) is 0.188. The van der Waals surface area contributed by atoms with Crippen molar-refractivity contribution < 1.29 is 9.18 Å². The lowest BCUT2D eigenvalue weighted by Crippen LogP contribution is -2.14. The van der Waals surface area contributed by atoms with Crippen LogP contribution in [0.3, 0.4) is 0 Å². The number of benzene rings is 2. The second kappa shape index (κ2) is 5.25. The lowest BCUT2D eigenvalue weighted by molar-refractivity contribution is -0.117. The van der Waals surface area contributed by atoms with Gasteiger partial charge in [-0.15, -0.1) is 0 Å². The van der Waals surface area contributed by atoms with E-state index in [-0.39, 0.29) is 23.6 Å². The van der Waals surface area contributed by atoms with Crippen LogP contribution in [0.5, 0.6) is 0 Å². The minimum absolute atomic E-state index is 0.0106. The summed E-state index contributed by atoms with van der Waals surface area (Å²) < 4.78 is 13.6. The van der Waals surface area contributed by atoms with Crippen molar-refractivity contribution in [2.75, 3.05) is 5.32 Å². The first-order chi connectivity index (χ1) is 9.65. The summed E-state index contributed by atoms with van der Waals surface area (Å²) in [5.41, 5.74) is 1.34. The highest BCUT2D eigenvalue weighted by Crippen LogP contribution is 2.48. The van der Waals surface area contributed by atoms with Crippen LogP contribution in [0.15, 0.2) is 48.5 Å². The molecule has 0 radical (unpaired) electrons. The van der Waals surface area contributed by atoms with Crippen LogP contribution in [-0.2, 0) is 4.79 Å². The molecule has 4 heteroatoms. The minimum atomic E-state index is -0.237. The number of halogens is 2. The molecule has 2 nitrogen and oxygen atoms in total. The first-order valence-electron chi connectivity index (χ1n) is 6.46. The first kappa shape index (κ1) is 13.1. The number of carbonyl (C=O) groups is 1. The molecule has 0 bridgehead atoms. The largest absolute Gasteiger partial charge is 0.326 e. The van der Waals surface area contributed by atoms with E-state index in [9.17, 15) is 9.18 Å². The van der Waals surface area contributed by atoms with Crippen molar-refractivity contribution in [1.82, 2.24) is 0 Å². The molecule has 0 aliphatic heterocycles. The number of nitrogens with one attached hydrogen (secondary N) is 1. The zero-order valence-electron chi connectivity index (χ0n) is 10.6. The van der Waals surface area contributed by atoms with Crippen molar-refractivity contribution >= 4 is 23.2 Å². The summed E-state index contributed by atoms with van der Waals surface area (Å²) in [7, 11) is 0. The maximum absolute atomic E-state index is 13.6. The standard InChI is InChI=1S/C16H13ClFNO/c17-10-5-7-11(8-6-10)19-16(20)14-9-13(14)12-3-1-2-4-15(12)18/h1-8,13-14H,9H2,(H,19,20). The third-order valence-corrected chi connectivity index (χ3v) is 3.80. The predicted molar refractivity (Wildman–Crippen MR) is 77.3 cm³/mol. The minimum Gasteiger partial charge on any atom is -0.326 e. The van der Waals surface area contributed by atoms with Gasteiger partial charge in [-0.05, 0) is 48.2 Å². The highest BCUT2D eigenvalue weighted by molar-refractivity contribution is 6.30. The Morgan fingerprint density at radius 1 is 1.15 bits per heavy atom. The van der Waals surface area contributed by atoms with E-state index in [1.807, 2.05) is 0 Å². The average molecular weight is 290 g/mol. The van der Waals surface area contributed by atoms with Gasteiger partial charge in [0.2, 0.25) is 5.91 Å². The van der Waals surface area contributed by atoms with Gasteiger partial charge in [0.15, 0.2) is 0 Å². The molecule has 0 saturated heterocycles. The smallest absolute Gasteiger partial charge is 0.228 e. The van der Waals surface area contributed by atoms with Crippen LogP contribution in [0.1, 0.15) is 17.9 Å². The van der Waals surface area contributed by atoms with Crippen molar-refractivity contribution in [3.05, 3.63) is 64.9 Å². The molecule has 1 aliphatic carbocycles. The predicted octanol–water partition coefficient (Wildman–Crippen LogP) is 4.22. The Bertz CT molecular complexity index is 641. The highest BCUT2D eigenvalue weighted by atomic mass is 35.5. The summed E-state index contributed by atoms with van der Waals surface area (Å²) in [5, 5.41) is 3.45. The maximum Gasteiger partial charge on any atom is 0.228 e. The summed E-state index contributed by atoms with van der Waals surface area (Å²) in [5.74, 6) is -0.467. The van der Waals surface area contributed by atoms with E-state index < -0.39 is 0 Å². The molecular formula is C16H13ClFNO. The van der Waals surface area contributed by atoms with E-state index in [0.717, 1.165) is 0 Å². The van der Waals surface area contributed by atoms with Crippen LogP contribution < -0.4 is 5.32 Å². The number of amides is 1. The molecule has 0 aromatic heterocycles. The summed E-state index contributed by atoms with van der Waals surface area (Å²) in [6.45, 7) is 0. The zero-order chi connectivity index (χ0) is 14.1. The van der Waals surface area contributed by atoms with E-state index >= 15 is 0 Å². The molecular weight excluding hydrogens is 277 g/mol. The third kappa shape index (κ3) is 2.68. The van der Waals surface area contributed by atoms with E-state index in [0.29, 0.717) is 22.7 Å². The number of carbonyl (C=O) groups excluding carboxylic acids is 1. The lowest BCUT2D eigenvalue weighted by atomic mass is 10.1. The van der Waals surface area contributed by atoms with E-state index in [1.54, 1.807) is 42.5 Å². The third-order valence-electron chi connectivity index (χ3n) is 3.54. The average Bonchev–Trinajstić information content (AvgIpc) is 3.22. The Morgan fingerprint density at radius 3 is 2.55 bits per heavy atom. The van der Waals surface area contributed by atoms with Crippen LogP contribution in [-0.4, -0.2) is 5.91 Å². The van der Waals surface area contributed by atoms with E-state index in [4.69, 9.17) is 11.6 Å². The normalized spacial score (nSPS) is 20.5. The van der Waals surface area contributed by atoms with Crippen molar-refractivity contribution in [3.63, 3.8) is 0 Å². The van der Waals surface area contributed by atoms with Crippen molar-refractivity contribution in [2.45, 2.75) is 12.3 Å². The Labute approximate surface area is 121 Å². The highest BCUT2D eigenvalue weighted by Gasteiger charge is 2.45. The van der Waals surface area contributed by atoms with Gasteiger partial charge in [-0.1, -0.05) is 29.8 Å². The molecule has 1 fully saturated rings. The van der Waals surface area contributed by atoms with Gasteiger partial charge < -0.3 is 5.32 Å². The molecule has 2 aromatic carbocycles. The van der Waals surface area contributed by atoms with Crippen LogP contribution in [0.2, 0.25) is 5.02 Å². The van der Waals surface area contributed by atoms with Gasteiger partial charge in [0.1, 0.15) is 5.82 Å². The van der Waals surface area contributed by atoms with E-state index in [1.165, 1.54) is 6.07 Å². The second-order valence-electron chi connectivity index (χ2n) is 4.97. The number of hydrogen-bond acceptors (Lipinski definition) is 1. The fourth-order valence-corrected chi connectivity index (χ4v) is 2.50. The number of rotatable bonds is 3. The molecule has 2 unspecified atom stereocenters. The fourth-order valence-electron chi connectivity index (χ4n) is 2.37. The Kier molecular flexibility index (Phi) is 3.45. The Hall–Kier alpha value is -1.87. The van der Waals surface area contributed by atoms with Crippen LogP contribution >= 0.6 is 11.6 Å². The van der Waals surface area contributed by atoms with Gasteiger partial charge >= 0.3 is 0 Å². The van der Waals surface area contributed by atoms with Gasteiger partial charge in [0, 0.05) is 16.6 Å². The molecule has 2 aromatic rings. The molecule has 1 amide bonds. The Morgan fingerprint density at radius 2 is 1.85 bits per heavy atom. The summed E-state index contributed by atoms with van der Waals surface area (Å²) >= 11 is 5.79. The van der Waals surface area contributed by atoms with Gasteiger partial charge in [-0.3, -0.25) is 4.79 Å². The maximum atomic E-state index is 13.6. The van der Waals surface area contributed by atoms with Crippen LogP contribution in [0, 0.1) is 11.7 Å².